The molecule has 0 unspecified atom stereocenters. The molecule has 0 atom stereocenters. The number of rotatable bonds is 7. The maximum Gasteiger partial charge on any atom is 0.307 e. The van der Waals surface area contributed by atoms with Gasteiger partial charge < -0.3 is 15.2 Å². The van der Waals surface area contributed by atoms with E-state index in [-0.39, 0.29) is 10.5 Å². The molecule has 9 heteroatoms. The molecule has 0 saturated carbocycles. The van der Waals surface area contributed by atoms with E-state index in [4.69, 9.17) is 9.84 Å². The molecular formula is C12H16N2O6S. The molecule has 0 aliphatic carbocycles. The van der Waals surface area contributed by atoms with E-state index < -0.39 is 34.9 Å². The van der Waals surface area contributed by atoms with E-state index >= 15 is 0 Å². The predicted octanol–water partition coefficient (Wildman–Crippen LogP) is -0.653. The van der Waals surface area contributed by atoms with Crippen LogP contribution >= 0.6 is 0 Å². The van der Waals surface area contributed by atoms with E-state index in [0.717, 1.165) is 0 Å². The molecular weight excluding hydrogens is 300 g/mol. The summed E-state index contributed by atoms with van der Waals surface area (Å²) in [6.07, 6.45) is -0.479. The summed E-state index contributed by atoms with van der Waals surface area (Å²) in [5.41, 5.74) is 0.0752. The van der Waals surface area contributed by atoms with Crippen LogP contribution in [0.3, 0.4) is 0 Å². The lowest BCUT2D eigenvalue weighted by molar-refractivity contribution is -0.136. The molecule has 0 heterocycles. The molecule has 1 amide bonds. The van der Waals surface area contributed by atoms with Crippen molar-refractivity contribution < 1.29 is 27.9 Å². The topological polar surface area (TPSA) is 122 Å². The average molecular weight is 316 g/mol. The Morgan fingerprint density at radius 1 is 1.33 bits per heavy atom. The summed E-state index contributed by atoms with van der Waals surface area (Å²) in [5.74, 6) is -1.34. The summed E-state index contributed by atoms with van der Waals surface area (Å²) >= 11 is 0. The van der Waals surface area contributed by atoms with Gasteiger partial charge in [0, 0.05) is 7.05 Å². The number of amides is 1. The molecule has 3 N–H and O–H groups in total. The number of carboxylic acids is 1. The highest BCUT2D eigenvalue weighted by Gasteiger charge is 2.21. The third-order valence-electron chi connectivity index (χ3n) is 2.60. The number of carboxylic acid groups (broad SMARTS) is 1. The molecule has 1 aromatic rings. The number of ether oxygens (including phenoxy) is 1. The monoisotopic (exact) mass is 316 g/mol. The third kappa shape index (κ3) is 4.72. The molecule has 116 valence electrons. The molecule has 21 heavy (non-hydrogen) atoms. The van der Waals surface area contributed by atoms with Crippen molar-refractivity contribution in [3.8, 4) is 5.75 Å². The van der Waals surface area contributed by atoms with Gasteiger partial charge in [0.05, 0.1) is 25.0 Å². The molecule has 0 bridgehead atoms. The van der Waals surface area contributed by atoms with Gasteiger partial charge >= 0.3 is 5.97 Å². The number of likely N-dealkylation sites (N-methyl/N-ethyl adjacent to an activating group) is 1. The minimum atomic E-state index is -4.00. The Hall–Kier alpha value is -2.13. The lowest BCUT2D eigenvalue weighted by Gasteiger charge is -2.11. The fourth-order valence-corrected chi connectivity index (χ4v) is 2.77. The number of hydrogen-bond acceptors (Lipinski definition) is 5. The first-order valence-corrected chi connectivity index (χ1v) is 7.37. The highest BCUT2D eigenvalue weighted by molar-refractivity contribution is 7.89. The number of carbonyl (C=O) groups is 2. The lowest BCUT2D eigenvalue weighted by Crippen LogP contribution is -2.35. The number of benzene rings is 1. The number of nitrogens with one attached hydrogen (secondary N) is 2. The van der Waals surface area contributed by atoms with Gasteiger partial charge in [-0.1, -0.05) is 0 Å². The Morgan fingerprint density at radius 3 is 2.52 bits per heavy atom. The molecule has 1 aromatic carbocycles. The number of sulfonamides is 1. The van der Waals surface area contributed by atoms with Gasteiger partial charge in [-0.05, 0) is 23.8 Å². The minimum absolute atomic E-state index is 0.0752. The van der Waals surface area contributed by atoms with Crippen molar-refractivity contribution in [2.24, 2.45) is 0 Å². The molecule has 0 radical (unpaired) electrons. The molecule has 0 aromatic heterocycles. The maximum absolute atomic E-state index is 12.1. The van der Waals surface area contributed by atoms with Crippen LogP contribution in [0.1, 0.15) is 5.56 Å². The number of aliphatic carboxylic acids is 1. The Morgan fingerprint density at radius 2 is 2.00 bits per heavy atom. The van der Waals surface area contributed by atoms with Crippen molar-refractivity contribution >= 4 is 21.9 Å². The van der Waals surface area contributed by atoms with E-state index in [1.54, 1.807) is 0 Å². The van der Waals surface area contributed by atoms with Gasteiger partial charge in [0.25, 0.3) is 0 Å². The van der Waals surface area contributed by atoms with Crippen molar-refractivity contribution in [1.82, 2.24) is 10.0 Å². The largest absolute Gasteiger partial charge is 0.497 e. The summed E-state index contributed by atoms with van der Waals surface area (Å²) in [5, 5.41) is 11.1. The van der Waals surface area contributed by atoms with Gasteiger partial charge in [0.15, 0.2) is 0 Å². The third-order valence-corrected chi connectivity index (χ3v) is 4.10. The highest BCUT2D eigenvalue weighted by atomic mass is 32.2. The van der Waals surface area contributed by atoms with E-state index in [1.165, 1.54) is 32.4 Å². The molecule has 0 spiro atoms. The van der Waals surface area contributed by atoms with Crippen LogP contribution in [-0.2, 0) is 26.0 Å². The van der Waals surface area contributed by atoms with Crippen molar-refractivity contribution in [2.45, 2.75) is 11.3 Å². The zero-order chi connectivity index (χ0) is 16.0. The summed E-state index contributed by atoms with van der Waals surface area (Å²) in [7, 11) is -1.23. The van der Waals surface area contributed by atoms with Gasteiger partial charge in [0.1, 0.15) is 5.75 Å². The van der Waals surface area contributed by atoms with Crippen LogP contribution in [0.4, 0.5) is 0 Å². The van der Waals surface area contributed by atoms with Crippen LogP contribution in [0.2, 0.25) is 0 Å². The zero-order valence-corrected chi connectivity index (χ0v) is 12.4. The first kappa shape index (κ1) is 16.9. The van der Waals surface area contributed by atoms with Crippen molar-refractivity contribution in [3.63, 3.8) is 0 Å². The second kappa shape index (κ2) is 7.04. The van der Waals surface area contributed by atoms with Gasteiger partial charge in [-0.25, -0.2) is 13.1 Å². The average Bonchev–Trinajstić information content (AvgIpc) is 2.43. The number of carbonyl (C=O) groups excluding carboxylic acids is 1. The molecule has 0 aliphatic heterocycles. The summed E-state index contributed by atoms with van der Waals surface area (Å²) < 4.78 is 31.3. The van der Waals surface area contributed by atoms with Crippen LogP contribution in [0.25, 0.3) is 0 Å². The van der Waals surface area contributed by atoms with E-state index in [0.29, 0.717) is 5.75 Å². The van der Waals surface area contributed by atoms with Crippen molar-refractivity contribution in [2.75, 3.05) is 20.7 Å². The fourth-order valence-electron chi connectivity index (χ4n) is 1.57. The normalized spacial score (nSPS) is 11.0. The number of methoxy groups -OCH3 is 1. The van der Waals surface area contributed by atoms with Crippen molar-refractivity contribution in [1.29, 1.82) is 0 Å². The predicted molar refractivity (Wildman–Crippen MR) is 73.6 cm³/mol. The van der Waals surface area contributed by atoms with Crippen LogP contribution in [0.15, 0.2) is 23.1 Å². The van der Waals surface area contributed by atoms with Gasteiger partial charge in [-0.2, -0.15) is 0 Å². The highest BCUT2D eigenvalue weighted by Crippen LogP contribution is 2.22. The summed E-state index contributed by atoms with van der Waals surface area (Å²) in [6.45, 7) is -0.433. The lowest BCUT2D eigenvalue weighted by atomic mass is 10.1. The van der Waals surface area contributed by atoms with E-state index in [1.807, 2.05) is 0 Å². The van der Waals surface area contributed by atoms with Crippen LogP contribution < -0.4 is 14.8 Å². The first-order valence-electron chi connectivity index (χ1n) is 5.89. The summed E-state index contributed by atoms with van der Waals surface area (Å²) in [4.78, 5) is 21.7. The zero-order valence-electron chi connectivity index (χ0n) is 11.5. The van der Waals surface area contributed by atoms with Crippen LogP contribution in [-0.4, -0.2) is 46.1 Å². The first-order chi connectivity index (χ1) is 9.80. The second-order valence-corrected chi connectivity index (χ2v) is 5.78. The SMILES string of the molecule is CNC(=O)CNS(=O)(=O)c1ccc(OC)cc1CC(=O)O. The molecule has 1 rings (SSSR count). The Balaban J connectivity index is 3.14. The van der Waals surface area contributed by atoms with Crippen LogP contribution in [0.5, 0.6) is 5.75 Å². The smallest absolute Gasteiger partial charge is 0.307 e. The molecule has 8 nitrogen and oxygen atoms in total. The summed E-state index contributed by atoms with van der Waals surface area (Å²) in [6, 6.07) is 3.98. The number of hydrogen-bond donors (Lipinski definition) is 3. The maximum atomic E-state index is 12.1. The molecule has 0 fully saturated rings. The van der Waals surface area contributed by atoms with Crippen molar-refractivity contribution in [3.05, 3.63) is 23.8 Å². The quantitative estimate of drug-likeness (QED) is 0.614. The standard InChI is InChI=1S/C12H16N2O6S/c1-13-11(15)7-14-21(18,19)10-4-3-9(20-2)5-8(10)6-12(16)17/h3-5,14H,6-7H2,1-2H3,(H,13,15)(H,16,17). The Bertz CT molecular complexity index is 641. The Kier molecular flexibility index (Phi) is 5.68. The van der Waals surface area contributed by atoms with Gasteiger partial charge in [-0.3, -0.25) is 9.59 Å². The van der Waals surface area contributed by atoms with Gasteiger partial charge in [-0.15, -0.1) is 0 Å². The molecule has 0 saturated heterocycles. The van der Waals surface area contributed by atoms with Gasteiger partial charge in [0.2, 0.25) is 15.9 Å². The minimum Gasteiger partial charge on any atom is -0.497 e. The second-order valence-electron chi connectivity index (χ2n) is 4.04. The Labute approximate surface area is 122 Å². The van der Waals surface area contributed by atoms with Crippen LogP contribution in [0, 0.1) is 0 Å². The molecule has 0 aliphatic rings. The fraction of sp³-hybridized carbons (Fsp3) is 0.333. The van der Waals surface area contributed by atoms with E-state index in [9.17, 15) is 18.0 Å². The van der Waals surface area contributed by atoms with E-state index in [2.05, 4.69) is 10.0 Å².